The normalized spacial score (nSPS) is 24.7. The Labute approximate surface area is 105 Å². The van der Waals surface area contributed by atoms with E-state index in [4.69, 9.17) is 5.73 Å². The second kappa shape index (κ2) is 4.27. The summed E-state index contributed by atoms with van der Waals surface area (Å²) in [5.74, 6) is 1.74. The molecule has 3 rings (SSSR count). The Hall–Kier alpha value is -1.13. The maximum Gasteiger partial charge on any atom is 0.137 e. The van der Waals surface area contributed by atoms with Crippen molar-refractivity contribution in [2.24, 2.45) is 11.7 Å². The van der Waals surface area contributed by atoms with Gasteiger partial charge >= 0.3 is 0 Å². The van der Waals surface area contributed by atoms with Gasteiger partial charge in [-0.1, -0.05) is 0 Å². The molecule has 2 aromatic rings. The largest absolute Gasteiger partial charge is 0.353 e. The number of rotatable bonds is 2. The minimum atomic E-state index is 0.543. The number of thiophene rings is 1. The van der Waals surface area contributed by atoms with Gasteiger partial charge in [0.15, 0.2) is 0 Å². The summed E-state index contributed by atoms with van der Waals surface area (Å²) in [6, 6.07) is 4.80. The van der Waals surface area contributed by atoms with Crippen molar-refractivity contribution in [3.63, 3.8) is 0 Å². The number of pyridine rings is 1. The molecule has 0 bridgehead atoms. The van der Waals surface area contributed by atoms with Gasteiger partial charge in [-0.2, -0.15) is 0 Å². The van der Waals surface area contributed by atoms with Crippen molar-refractivity contribution in [1.82, 2.24) is 4.98 Å². The molecule has 2 N–H and O–H groups in total. The summed E-state index contributed by atoms with van der Waals surface area (Å²) in [5, 5.41) is 3.42. The lowest BCUT2D eigenvalue weighted by Crippen LogP contribution is -2.28. The molecule has 2 atom stereocenters. The van der Waals surface area contributed by atoms with Crippen molar-refractivity contribution in [1.29, 1.82) is 0 Å². The smallest absolute Gasteiger partial charge is 0.137 e. The van der Waals surface area contributed by atoms with Crippen LogP contribution in [0.5, 0.6) is 0 Å². The highest BCUT2D eigenvalue weighted by Gasteiger charge is 2.29. The second-order valence-corrected chi connectivity index (χ2v) is 5.75. The van der Waals surface area contributed by atoms with Crippen molar-refractivity contribution in [3.8, 4) is 0 Å². The summed E-state index contributed by atoms with van der Waals surface area (Å²) in [6.45, 7) is 4.09. The van der Waals surface area contributed by atoms with E-state index in [9.17, 15) is 0 Å². The van der Waals surface area contributed by atoms with Crippen LogP contribution < -0.4 is 10.6 Å². The summed E-state index contributed by atoms with van der Waals surface area (Å²) in [6.07, 6.45) is 3.09. The highest BCUT2D eigenvalue weighted by molar-refractivity contribution is 7.17. The highest BCUT2D eigenvalue weighted by Crippen LogP contribution is 2.33. The first kappa shape index (κ1) is 11.0. The molecule has 0 aromatic carbocycles. The van der Waals surface area contributed by atoms with E-state index in [1.54, 1.807) is 11.3 Å². The fourth-order valence-electron chi connectivity index (χ4n) is 2.72. The molecule has 90 valence electrons. The van der Waals surface area contributed by atoms with Crippen molar-refractivity contribution in [3.05, 3.63) is 23.7 Å². The van der Waals surface area contributed by atoms with E-state index in [2.05, 4.69) is 34.3 Å². The summed E-state index contributed by atoms with van der Waals surface area (Å²) in [5.41, 5.74) is 5.78. The molecule has 3 heterocycles. The molecule has 1 aliphatic heterocycles. The molecule has 0 spiro atoms. The van der Waals surface area contributed by atoms with E-state index >= 15 is 0 Å². The number of nitrogens with two attached hydrogens (primary N) is 1. The second-order valence-electron chi connectivity index (χ2n) is 4.81. The Morgan fingerprint density at radius 3 is 3.18 bits per heavy atom. The first-order valence-corrected chi connectivity index (χ1v) is 6.96. The van der Waals surface area contributed by atoms with Crippen LogP contribution in [-0.4, -0.2) is 24.1 Å². The molecule has 4 heteroatoms. The van der Waals surface area contributed by atoms with Crippen molar-refractivity contribution in [2.75, 3.05) is 18.0 Å². The Morgan fingerprint density at radius 2 is 2.41 bits per heavy atom. The summed E-state index contributed by atoms with van der Waals surface area (Å²) in [4.78, 5) is 6.98. The van der Waals surface area contributed by atoms with Crippen LogP contribution in [0.4, 0.5) is 5.82 Å². The molecular weight excluding hydrogens is 230 g/mol. The van der Waals surface area contributed by atoms with Crippen LogP contribution >= 0.6 is 11.3 Å². The van der Waals surface area contributed by atoms with Crippen LogP contribution in [0.25, 0.3) is 10.1 Å². The summed E-state index contributed by atoms with van der Waals surface area (Å²) < 4.78 is 1.32. The molecule has 1 saturated heterocycles. The van der Waals surface area contributed by atoms with Gasteiger partial charge in [-0.3, -0.25) is 0 Å². The van der Waals surface area contributed by atoms with Crippen molar-refractivity contribution in [2.45, 2.75) is 19.4 Å². The average Bonchev–Trinajstić information content (AvgIpc) is 2.94. The number of anilines is 1. The van der Waals surface area contributed by atoms with Gasteiger partial charge in [-0.25, -0.2) is 4.98 Å². The van der Waals surface area contributed by atoms with Gasteiger partial charge in [0.2, 0.25) is 0 Å². The van der Waals surface area contributed by atoms with Crippen LogP contribution in [0.1, 0.15) is 13.3 Å². The third kappa shape index (κ3) is 1.81. The SMILES string of the molecule is CC1CC(CN)CN1c1nccc2sccc12. The fraction of sp³-hybridized carbons (Fsp3) is 0.462. The van der Waals surface area contributed by atoms with E-state index in [-0.39, 0.29) is 0 Å². The van der Waals surface area contributed by atoms with Gasteiger partial charge in [-0.05, 0) is 43.3 Å². The lowest BCUT2D eigenvalue weighted by atomic mass is 10.1. The lowest BCUT2D eigenvalue weighted by molar-refractivity contribution is 0.579. The number of nitrogens with zero attached hydrogens (tertiary/aromatic N) is 2. The Bertz CT molecular complexity index is 522. The Morgan fingerprint density at radius 1 is 1.53 bits per heavy atom. The predicted octanol–water partition coefficient (Wildman–Crippen LogP) is 2.47. The maximum absolute atomic E-state index is 5.78. The highest BCUT2D eigenvalue weighted by atomic mass is 32.1. The van der Waals surface area contributed by atoms with Crippen molar-refractivity contribution >= 4 is 27.2 Å². The maximum atomic E-state index is 5.78. The quantitative estimate of drug-likeness (QED) is 0.886. The van der Waals surface area contributed by atoms with Crippen LogP contribution in [0, 0.1) is 5.92 Å². The third-order valence-electron chi connectivity index (χ3n) is 3.63. The molecular formula is C13H17N3S. The predicted molar refractivity (Wildman–Crippen MR) is 73.6 cm³/mol. The molecule has 1 aliphatic rings. The Kier molecular flexibility index (Phi) is 2.76. The zero-order chi connectivity index (χ0) is 11.8. The molecule has 1 fully saturated rings. The van der Waals surface area contributed by atoms with Crippen LogP contribution in [-0.2, 0) is 0 Å². The number of aromatic nitrogens is 1. The van der Waals surface area contributed by atoms with Crippen LogP contribution in [0.3, 0.4) is 0 Å². The number of hydrogen-bond acceptors (Lipinski definition) is 4. The molecule has 0 aliphatic carbocycles. The minimum Gasteiger partial charge on any atom is -0.353 e. The summed E-state index contributed by atoms with van der Waals surface area (Å²) >= 11 is 1.78. The zero-order valence-electron chi connectivity index (χ0n) is 9.97. The average molecular weight is 247 g/mol. The van der Waals surface area contributed by atoms with Gasteiger partial charge in [0.05, 0.1) is 0 Å². The van der Waals surface area contributed by atoms with Gasteiger partial charge in [0.1, 0.15) is 5.82 Å². The van der Waals surface area contributed by atoms with Crippen LogP contribution in [0.2, 0.25) is 0 Å². The zero-order valence-corrected chi connectivity index (χ0v) is 10.8. The first-order valence-electron chi connectivity index (χ1n) is 6.08. The lowest BCUT2D eigenvalue weighted by Gasteiger charge is -2.23. The molecule has 2 aromatic heterocycles. The monoisotopic (exact) mass is 247 g/mol. The molecule has 3 nitrogen and oxygen atoms in total. The molecule has 0 radical (unpaired) electrons. The van der Waals surface area contributed by atoms with Crippen LogP contribution in [0.15, 0.2) is 23.7 Å². The van der Waals surface area contributed by atoms with Gasteiger partial charge in [-0.15, -0.1) is 11.3 Å². The molecule has 0 amide bonds. The topological polar surface area (TPSA) is 42.1 Å². The van der Waals surface area contributed by atoms with E-state index < -0.39 is 0 Å². The van der Waals surface area contributed by atoms with E-state index in [1.807, 2.05) is 6.20 Å². The summed E-state index contributed by atoms with van der Waals surface area (Å²) in [7, 11) is 0. The van der Waals surface area contributed by atoms with E-state index in [0.717, 1.165) is 18.9 Å². The van der Waals surface area contributed by atoms with Gasteiger partial charge in [0, 0.05) is 28.9 Å². The fourth-order valence-corrected chi connectivity index (χ4v) is 3.49. The number of hydrogen-bond donors (Lipinski definition) is 1. The first-order chi connectivity index (χ1) is 8.29. The van der Waals surface area contributed by atoms with E-state index in [0.29, 0.717) is 12.0 Å². The van der Waals surface area contributed by atoms with Gasteiger partial charge in [0.25, 0.3) is 0 Å². The number of fused-ring (bicyclic) bond motifs is 1. The van der Waals surface area contributed by atoms with Crippen molar-refractivity contribution < 1.29 is 0 Å². The molecule has 17 heavy (non-hydrogen) atoms. The van der Waals surface area contributed by atoms with E-state index in [1.165, 1.54) is 16.5 Å². The molecule has 0 saturated carbocycles. The molecule has 2 unspecified atom stereocenters. The Balaban J connectivity index is 2.01. The van der Waals surface area contributed by atoms with Gasteiger partial charge < -0.3 is 10.6 Å². The minimum absolute atomic E-state index is 0.543. The standard InChI is InChI=1S/C13H17N3S/c1-9-6-10(7-14)8-16(9)13-11-3-5-17-12(11)2-4-15-13/h2-5,9-10H,6-8,14H2,1H3. The third-order valence-corrected chi connectivity index (χ3v) is 4.51.